The fourth-order valence-electron chi connectivity index (χ4n) is 2.08. The number of carbonyl (C=O) groups excluding carboxylic acids is 2. The lowest BCUT2D eigenvalue weighted by molar-refractivity contribution is 0.1000. The second-order valence-electron chi connectivity index (χ2n) is 4.87. The number of nitrogens with zero attached hydrogens (tertiary/aromatic N) is 1. The zero-order valence-corrected chi connectivity index (χ0v) is 12.5. The maximum absolute atomic E-state index is 12.3. The Morgan fingerprint density at radius 2 is 1.82 bits per heavy atom. The Morgan fingerprint density at radius 1 is 1.09 bits per heavy atom. The Hall–Kier alpha value is -2.82. The van der Waals surface area contributed by atoms with Gasteiger partial charge in [0.25, 0.3) is 0 Å². The van der Waals surface area contributed by atoms with Gasteiger partial charge in [-0.05, 0) is 30.7 Å². The Bertz CT molecular complexity index is 656. The smallest absolute Gasteiger partial charge is 0.322 e. The summed E-state index contributed by atoms with van der Waals surface area (Å²) in [5, 5.41) is 2.79. The molecule has 5 heteroatoms. The summed E-state index contributed by atoms with van der Waals surface area (Å²) in [6.07, 6.45) is 0. The van der Waals surface area contributed by atoms with E-state index in [9.17, 15) is 9.59 Å². The molecule has 3 N–H and O–H groups in total. The van der Waals surface area contributed by atoms with Crippen LogP contribution in [0.1, 0.15) is 22.8 Å². The molecule has 22 heavy (non-hydrogen) atoms. The molecule has 2 aromatic carbocycles. The number of hydrogen-bond donors (Lipinski definition) is 2. The van der Waals surface area contributed by atoms with Crippen molar-refractivity contribution >= 4 is 17.6 Å². The van der Waals surface area contributed by atoms with Crippen molar-refractivity contribution < 1.29 is 9.59 Å². The highest BCUT2D eigenvalue weighted by atomic mass is 16.2. The van der Waals surface area contributed by atoms with Gasteiger partial charge in [0.1, 0.15) is 0 Å². The van der Waals surface area contributed by atoms with Crippen molar-refractivity contribution in [1.82, 2.24) is 4.90 Å². The van der Waals surface area contributed by atoms with Crippen molar-refractivity contribution in [3.63, 3.8) is 0 Å². The lowest BCUT2D eigenvalue weighted by Gasteiger charge is -2.21. The normalized spacial score (nSPS) is 10.0. The highest BCUT2D eigenvalue weighted by Gasteiger charge is 2.12. The van der Waals surface area contributed by atoms with Gasteiger partial charge in [0.15, 0.2) is 0 Å². The fraction of sp³-hybridized carbons (Fsp3) is 0.176. The molecule has 0 aliphatic carbocycles. The summed E-state index contributed by atoms with van der Waals surface area (Å²) in [6, 6.07) is 16.1. The predicted molar refractivity (Wildman–Crippen MR) is 86.5 cm³/mol. The number of primary amides is 1. The number of nitrogens with two attached hydrogens (primary N) is 1. The number of urea groups is 1. The third kappa shape index (κ3) is 4.09. The van der Waals surface area contributed by atoms with Crippen molar-refractivity contribution in [1.29, 1.82) is 0 Å². The molecule has 0 bridgehead atoms. The van der Waals surface area contributed by atoms with E-state index in [-0.39, 0.29) is 6.03 Å². The standard InChI is InChI=1S/C17H19N3O2/c1-2-20(12-13-7-4-3-5-8-13)17(22)19-15-10-6-9-14(11-15)16(18)21/h3-11H,2,12H2,1H3,(H2,18,21)(H,19,22). The summed E-state index contributed by atoms with van der Waals surface area (Å²) in [5.74, 6) is -0.521. The summed E-state index contributed by atoms with van der Waals surface area (Å²) in [6.45, 7) is 3.03. The molecule has 0 atom stereocenters. The van der Waals surface area contributed by atoms with Gasteiger partial charge < -0.3 is 16.0 Å². The molecule has 0 radical (unpaired) electrons. The molecule has 0 aliphatic rings. The molecule has 0 heterocycles. The van der Waals surface area contributed by atoms with E-state index in [2.05, 4.69) is 5.32 Å². The fourth-order valence-corrected chi connectivity index (χ4v) is 2.08. The Balaban J connectivity index is 2.06. The molecule has 0 unspecified atom stereocenters. The van der Waals surface area contributed by atoms with Gasteiger partial charge in [-0.1, -0.05) is 36.4 Å². The van der Waals surface area contributed by atoms with Gasteiger partial charge in [-0.25, -0.2) is 4.79 Å². The van der Waals surface area contributed by atoms with Crippen LogP contribution in [0.3, 0.4) is 0 Å². The number of amides is 3. The van der Waals surface area contributed by atoms with E-state index in [0.29, 0.717) is 24.3 Å². The van der Waals surface area contributed by atoms with E-state index in [1.165, 1.54) is 0 Å². The number of anilines is 1. The number of hydrogen-bond acceptors (Lipinski definition) is 2. The van der Waals surface area contributed by atoms with E-state index in [1.54, 1.807) is 29.2 Å². The number of carbonyl (C=O) groups is 2. The van der Waals surface area contributed by atoms with Gasteiger partial charge in [0.05, 0.1) is 0 Å². The first-order chi connectivity index (χ1) is 10.6. The monoisotopic (exact) mass is 297 g/mol. The third-order valence-electron chi connectivity index (χ3n) is 3.28. The number of benzene rings is 2. The van der Waals surface area contributed by atoms with Gasteiger partial charge in [0.2, 0.25) is 5.91 Å². The molecule has 0 aromatic heterocycles. The first kappa shape index (κ1) is 15.6. The lowest BCUT2D eigenvalue weighted by Crippen LogP contribution is -2.34. The van der Waals surface area contributed by atoms with Crippen LogP contribution >= 0.6 is 0 Å². The van der Waals surface area contributed by atoms with Crippen LogP contribution in [-0.2, 0) is 6.54 Å². The quantitative estimate of drug-likeness (QED) is 0.890. The minimum atomic E-state index is -0.521. The molecule has 0 saturated heterocycles. The van der Waals surface area contributed by atoms with Crippen molar-refractivity contribution in [3.05, 3.63) is 65.7 Å². The average Bonchev–Trinajstić information content (AvgIpc) is 2.53. The Kier molecular flexibility index (Phi) is 5.14. The van der Waals surface area contributed by atoms with Crippen molar-refractivity contribution in [2.45, 2.75) is 13.5 Å². The Labute approximate surface area is 129 Å². The van der Waals surface area contributed by atoms with Gasteiger partial charge in [-0.3, -0.25) is 4.79 Å². The van der Waals surface area contributed by atoms with E-state index in [4.69, 9.17) is 5.73 Å². The largest absolute Gasteiger partial charge is 0.366 e. The summed E-state index contributed by atoms with van der Waals surface area (Å²) in [7, 11) is 0. The van der Waals surface area contributed by atoms with Crippen LogP contribution in [0.25, 0.3) is 0 Å². The molecule has 5 nitrogen and oxygen atoms in total. The van der Waals surface area contributed by atoms with Crippen LogP contribution in [0.4, 0.5) is 10.5 Å². The van der Waals surface area contributed by atoms with Gasteiger partial charge in [-0.2, -0.15) is 0 Å². The van der Waals surface area contributed by atoms with Crippen LogP contribution in [0.5, 0.6) is 0 Å². The number of rotatable bonds is 5. The second kappa shape index (κ2) is 7.26. The highest BCUT2D eigenvalue weighted by molar-refractivity contribution is 5.95. The molecule has 2 rings (SSSR count). The molecular weight excluding hydrogens is 278 g/mol. The summed E-state index contributed by atoms with van der Waals surface area (Å²) >= 11 is 0. The van der Waals surface area contributed by atoms with Crippen molar-refractivity contribution in [2.75, 3.05) is 11.9 Å². The van der Waals surface area contributed by atoms with Gasteiger partial charge in [0, 0.05) is 24.3 Å². The minimum Gasteiger partial charge on any atom is -0.366 e. The molecule has 0 aliphatic heterocycles. The minimum absolute atomic E-state index is 0.215. The Morgan fingerprint density at radius 3 is 2.45 bits per heavy atom. The van der Waals surface area contributed by atoms with Crippen LogP contribution < -0.4 is 11.1 Å². The maximum Gasteiger partial charge on any atom is 0.322 e. The molecule has 3 amide bonds. The predicted octanol–water partition coefficient (Wildman–Crippen LogP) is 2.84. The van der Waals surface area contributed by atoms with Gasteiger partial charge >= 0.3 is 6.03 Å². The molecule has 114 valence electrons. The average molecular weight is 297 g/mol. The molecule has 0 fully saturated rings. The molecular formula is C17H19N3O2. The zero-order chi connectivity index (χ0) is 15.9. The molecule has 0 spiro atoms. The van der Waals surface area contributed by atoms with Crippen LogP contribution in [0, 0.1) is 0 Å². The second-order valence-corrected chi connectivity index (χ2v) is 4.87. The van der Waals surface area contributed by atoms with E-state index < -0.39 is 5.91 Å². The van der Waals surface area contributed by atoms with Crippen molar-refractivity contribution in [3.8, 4) is 0 Å². The zero-order valence-electron chi connectivity index (χ0n) is 12.5. The number of nitrogens with one attached hydrogen (secondary N) is 1. The summed E-state index contributed by atoms with van der Waals surface area (Å²) in [5.41, 5.74) is 7.21. The van der Waals surface area contributed by atoms with E-state index in [0.717, 1.165) is 5.56 Å². The van der Waals surface area contributed by atoms with E-state index >= 15 is 0 Å². The highest BCUT2D eigenvalue weighted by Crippen LogP contribution is 2.12. The van der Waals surface area contributed by atoms with Gasteiger partial charge in [-0.15, -0.1) is 0 Å². The maximum atomic E-state index is 12.3. The topological polar surface area (TPSA) is 75.4 Å². The molecule has 2 aromatic rings. The lowest BCUT2D eigenvalue weighted by atomic mass is 10.2. The summed E-state index contributed by atoms with van der Waals surface area (Å²) in [4.78, 5) is 25.2. The summed E-state index contributed by atoms with van der Waals surface area (Å²) < 4.78 is 0. The molecule has 0 saturated carbocycles. The first-order valence-electron chi connectivity index (χ1n) is 7.10. The van der Waals surface area contributed by atoms with Crippen LogP contribution in [-0.4, -0.2) is 23.4 Å². The van der Waals surface area contributed by atoms with Crippen molar-refractivity contribution in [2.24, 2.45) is 5.73 Å². The SMILES string of the molecule is CCN(Cc1ccccc1)C(=O)Nc1cccc(C(N)=O)c1. The van der Waals surface area contributed by atoms with E-state index in [1.807, 2.05) is 37.3 Å². The van der Waals surface area contributed by atoms with Crippen LogP contribution in [0.2, 0.25) is 0 Å². The first-order valence-corrected chi connectivity index (χ1v) is 7.10. The third-order valence-corrected chi connectivity index (χ3v) is 3.28. The van der Waals surface area contributed by atoms with Crippen LogP contribution in [0.15, 0.2) is 54.6 Å².